The van der Waals surface area contributed by atoms with Crippen molar-refractivity contribution in [2.75, 3.05) is 11.9 Å². The van der Waals surface area contributed by atoms with Crippen LogP contribution in [0.3, 0.4) is 0 Å². The number of carbonyl (C=O) groups is 2. The van der Waals surface area contributed by atoms with Crippen LogP contribution in [-0.2, 0) is 9.59 Å². The van der Waals surface area contributed by atoms with E-state index in [1.807, 2.05) is 19.9 Å². The molecule has 1 aromatic carbocycles. The van der Waals surface area contributed by atoms with Crippen molar-refractivity contribution in [2.24, 2.45) is 11.3 Å². The molecular weight excluding hydrogens is 266 g/mol. The van der Waals surface area contributed by atoms with Gasteiger partial charge in [0.25, 0.3) is 0 Å². The number of amides is 2. The summed E-state index contributed by atoms with van der Waals surface area (Å²) < 4.78 is 0. The van der Waals surface area contributed by atoms with Gasteiger partial charge in [0, 0.05) is 12.2 Å². The Morgan fingerprint density at radius 2 is 1.86 bits per heavy atom. The predicted octanol–water partition coefficient (Wildman–Crippen LogP) is 2.05. The fraction of sp³-hybridized carbons (Fsp3) is 0.438. The molecule has 21 heavy (non-hydrogen) atoms. The standard InChI is InChI=1S/C16H19N3O2/c1-11(2)10-18-14(20)16(7-8-16)15(21)19-13-5-3-12(9-17)4-6-13/h3-6,11H,7-8,10H2,1-2H3,(H,18,20)(H,19,21). The van der Waals surface area contributed by atoms with E-state index >= 15 is 0 Å². The fourth-order valence-corrected chi connectivity index (χ4v) is 2.03. The fourth-order valence-electron chi connectivity index (χ4n) is 2.03. The Balaban J connectivity index is 1.99. The number of hydrogen-bond donors (Lipinski definition) is 2. The van der Waals surface area contributed by atoms with Crippen molar-refractivity contribution >= 4 is 17.5 Å². The number of carbonyl (C=O) groups excluding carboxylic acids is 2. The molecular formula is C16H19N3O2. The summed E-state index contributed by atoms with van der Waals surface area (Å²) >= 11 is 0. The molecule has 0 spiro atoms. The smallest absolute Gasteiger partial charge is 0.240 e. The van der Waals surface area contributed by atoms with Crippen molar-refractivity contribution < 1.29 is 9.59 Å². The van der Waals surface area contributed by atoms with Crippen LogP contribution in [0.15, 0.2) is 24.3 Å². The van der Waals surface area contributed by atoms with Crippen LogP contribution in [0.4, 0.5) is 5.69 Å². The Hall–Kier alpha value is -2.35. The summed E-state index contributed by atoms with van der Waals surface area (Å²) in [5.74, 6) is -0.109. The molecule has 1 aromatic rings. The summed E-state index contributed by atoms with van der Waals surface area (Å²) in [5, 5.41) is 14.3. The zero-order chi connectivity index (χ0) is 15.5. The second-order valence-corrected chi connectivity index (χ2v) is 5.83. The molecule has 1 aliphatic rings. The normalized spacial score (nSPS) is 15.1. The van der Waals surface area contributed by atoms with Gasteiger partial charge in [-0.05, 0) is 43.0 Å². The van der Waals surface area contributed by atoms with Gasteiger partial charge in [0.15, 0.2) is 0 Å². The lowest BCUT2D eigenvalue weighted by Gasteiger charge is -2.16. The minimum Gasteiger partial charge on any atom is -0.355 e. The van der Waals surface area contributed by atoms with Gasteiger partial charge in [-0.3, -0.25) is 9.59 Å². The number of nitrogens with one attached hydrogen (secondary N) is 2. The third kappa shape index (κ3) is 3.40. The summed E-state index contributed by atoms with van der Waals surface area (Å²) in [6.07, 6.45) is 1.16. The lowest BCUT2D eigenvalue weighted by Crippen LogP contribution is -2.41. The molecule has 0 radical (unpaired) electrons. The van der Waals surface area contributed by atoms with Gasteiger partial charge >= 0.3 is 0 Å². The zero-order valence-electron chi connectivity index (χ0n) is 12.3. The Morgan fingerprint density at radius 3 is 2.33 bits per heavy atom. The molecule has 1 aliphatic carbocycles. The van der Waals surface area contributed by atoms with Gasteiger partial charge in [-0.2, -0.15) is 5.26 Å². The lowest BCUT2D eigenvalue weighted by atomic mass is 10.0. The minimum atomic E-state index is -0.914. The number of nitrogens with zero attached hydrogens (tertiary/aromatic N) is 1. The maximum atomic E-state index is 12.3. The monoisotopic (exact) mass is 285 g/mol. The van der Waals surface area contributed by atoms with E-state index in [-0.39, 0.29) is 11.8 Å². The largest absolute Gasteiger partial charge is 0.355 e. The number of rotatable bonds is 5. The van der Waals surface area contributed by atoms with Crippen molar-refractivity contribution in [1.82, 2.24) is 5.32 Å². The Kier molecular flexibility index (Phi) is 4.27. The summed E-state index contributed by atoms with van der Waals surface area (Å²) in [6, 6.07) is 8.62. The summed E-state index contributed by atoms with van der Waals surface area (Å²) in [6.45, 7) is 4.60. The first kappa shape index (κ1) is 15.0. The number of nitriles is 1. The summed E-state index contributed by atoms with van der Waals surface area (Å²) in [5.41, 5.74) is 0.216. The van der Waals surface area contributed by atoms with Crippen LogP contribution in [0.25, 0.3) is 0 Å². The zero-order valence-corrected chi connectivity index (χ0v) is 12.3. The Morgan fingerprint density at radius 1 is 1.24 bits per heavy atom. The van der Waals surface area contributed by atoms with E-state index in [0.29, 0.717) is 36.6 Å². The van der Waals surface area contributed by atoms with Gasteiger partial charge in [0.05, 0.1) is 11.6 Å². The molecule has 1 fully saturated rings. The van der Waals surface area contributed by atoms with Gasteiger partial charge in [0.1, 0.15) is 5.41 Å². The second-order valence-electron chi connectivity index (χ2n) is 5.83. The van der Waals surface area contributed by atoms with E-state index < -0.39 is 5.41 Å². The third-order valence-electron chi connectivity index (χ3n) is 3.56. The highest BCUT2D eigenvalue weighted by atomic mass is 16.2. The van der Waals surface area contributed by atoms with Crippen molar-refractivity contribution in [3.63, 3.8) is 0 Å². The maximum Gasteiger partial charge on any atom is 0.240 e. The van der Waals surface area contributed by atoms with Gasteiger partial charge in [-0.1, -0.05) is 13.8 Å². The van der Waals surface area contributed by atoms with Crippen molar-refractivity contribution in [3.05, 3.63) is 29.8 Å². The van der Waals surface area contributed by atoms with Gasteiger partial charge < -0.3 is 10.6 Å². The van der Waals surface area contributed by atoms with Crippen molar-refractivity contribution in [1.29, 1.82) is 5.26 Å². The molecule has 0 bridgehead atoms. The Labute approximate surface area is 124 Å². The molecule has 2 rings (SSSR count). The van der Waals surface area contributed by atoms with Crippen LogP contribution < -0.4 is 10.6 Å². The highest BCUT2D eigenvalue weighted by molar-refractivity contribution is 6.13. The van der Waals surface area contributed by atoms with E-state index in [9.17, 15) is 9.59 Å². The van der Waals surface area contributed by atoms with Crippen LogP contribution in [0.1, 0.15) is 32.3 Å². The topological polar surface area (TPSA) is 82.0 Å². The quantitative estimate of drug-likeness (QED) is 0.812. The molecule has 5 heteroatoms. The molecule has 110 valence electrons. The molecule has 0 aliphatic heterocycles. The number of hydrogen-bond acceptors (Lipinski definition) is 3. The molecule has 5 nitrogen and oxygen atoms in total. The first-order chi connectivity index (χ1) is 9.98. The van der Waals surface area contributed by atoms with E-state index in [1.54, 1.807) is 24.3 Å². The van der Waals surface area contributed by atoms with E-state index in [4.69, 9.17) is 5.26 Å². The molecule has 0 atom stereocenters. The van der Waals surface area contributed by atoms with Gasteiger partial charge in [-0.25, -0.2) is 0 Å². The first-order valence-electron chi connectivity index (χ1n) is 7.08. The molecule has 0 aromatic heterocycles. The van der Waals surface area contributed by atoms with Crippen LogP contribution >= 0.6 is 0 Å². The number of anilines is 1. The van der Waals surface area contributed by atoms with Crippen molar-refractivity contribution in [3.8, 4) is 6.07 Å². The Bertz CT molecular complexity index is 581. The highest BCUT2D eigenvalue weighted by Gasteiger charge is 2.56. The molecule has 2 N–H and O–H groups in total. The molecule has 0 unspecified atom stereocenters. The SMILES string of the molecule is CC(C)CNC(=O)C1(C(=O)Nc2ccc(C#N)cc2)CC1. The van der Waals surface area contributed by atoms with E-state index in [2.05, 4.69) is 10.6 Å². The summed E-state index contributed by atoms with van der Waals surface area (Å²) in [7, 11) is 0. The minimum absolute atomic E-state index is 0.192. The van der Waals surface area contributed by atoms with Crippen LogP contribution in [0.2, 0.25) is 0 Å². The third-order valence-corrected chi connectivity index (χ3v) is 3.56. The van der Waals surface area contributed by atoms with Gasteiger partial charge in [0.2, 0.25) is 11.8 Å². The summed E-state index contributed by atoms with van der Waals surface area (Å²) in [4.78, 5) is 24.4. The van der Waals surface area contributed by atoms with Crippen LogP contribution in [0, 0.1) is 22.7 Å². The number of benzene rings is 1. The van der Waals surface area contributed by atoms with Crippen LogP contribution in [-0.4, -0.2) is 18.4 Å². The molecule has 0 saturated heterocycles. The van der Waals surface area contributed by atoms with Crippen LogP contribution in [0.5, 0.6) is 0 Å². The average Bonchev–Trinajstić information content (AvgIpc) is 3.27. The van der Waals surface area contributed by atoms with E-state index in [1.165, 1.54) is 0 Å². The molecule has 2 amide bonds. The second kappa shape index (κ2) is 5.96. The predicted molar refractivity (Wildman–Crippen MR) is 79.3 cm³/mol. The molecule has 1 saturated carbocycles. The van der Waals surface area contributed by atoms with Gasteiger partial charge in [-0.15, -0.1) is 0 Å². The highest BCUT2D eigenvalue weighted by Crippen LogP contribution is 2.46. The maximum absolute atomic E-state index is 12.3. The first-order valence-corrected chi connectivity index (χ1v) is 7.08. The average molecular weight is 285 g/mol. The van der Waals surface area contributed by atoms with Crippen molar-refractivity contribution in [2.45, 2.75) is 26.7 Å². The lowest BCUT2D eigenvalue weighted by molar-refractivity contribution is -0.134. The van der Waals surface area contributed by atoms with E-state index in [0.717, 1.165) is 0 Å². The molecule has 0 heterocycles.